The monoisotopic (exact) mass is 247 g/mol. The lowest BCUT2D eigenvalue weighted by atomic mass is 10.0. The van der Waals surface area contributed by atoms with E-state index in [0.29, 0.717) is 6.04 Å². The lowest BCUT2D eigenvalue weighted by molar-refractivity contribution is 0.129. The highest BCUT2D eigenvalue weighted by atomic mass is 15.2. The molecule has 0 bridgehead atoms. The minimum atomic E-state index is 0.696. The van der Waals surface area contributed by atoms with Crippen LogP contribution in [0.3, 0.4) is 0 Å². The smallest absolute Gasteiger partial charge is 0.0340 e. The molecule has 1 aliphatic heterocycles. The Labute approximate surface area is 111 Å². The fourth-order valence-corrected chi connectivity index (χ4v) is 2.74. The number of hydrogen-bond donors (Lipinski definition) is 1. The van der Waals surface area contributed by atoms with E-state index in [1.807, 2.05) is 7.05 Å². The second-order valence-corrected chi connectivity index (χ2v) is 5.42. The van der Waals surface area contributed by atoms with Gasteiger partial charge in [0, 0.05) is 31.9 Å². The van der Waals surface area contributed by atoms with Crippen LogP contribution in [0.1, 0.15) is 18.4 Å². The third kappa shape index (κ3) is 3.47. The Morgan fingerprint density at radius 2 is 2.28 bits per heavy atom. The van der Waals surface area contributed by atoms with Crippen molar-refractivity contribution in [3.8, 4) is 0 Å². The van der Waals surface area contributed by atoms with Crippen molar-refractivity contribution in [1.82, 2.24) is 9.80 Å². The molecule has 1 fully saturated rings. The zero-order chi connectivity index (χ0) is 13.0. The number of piperidine rings is 1. The first-order chi connectivity index (χ1) is 8.69. The van der Waals surface area contributed by atoms with Gasteiger partial charge in [-0.15, -0.1) is 0 Å². The Morgan fingerprint density at radius 1 is 1.44 bits per heavy atom. The molecule has 0 saturated carbocycles. The molecule has 0 radical (unpaired) electrons. The van der Waals surface area contributed by atoms with Gasteiger partial charge >= 0.3 is 0 Å². The average molecular weight is 247 g/mol. The van der Waals surface area contributed by atoms with Crippen molar-refractivity contribution >= 4 is 5.69 Å². The number of likely N-dealkylation sites (tertiary alicyclic amines) is 1. The molecule has 1 saturated heterocycles. The highest BCUT2D eigenvalue weighted by Gasteiger charge is 2.20. The van der Waals surface area contributed by atoms with Gasteiger partial charge in [0.05, 0.1) is 0 Å². The fraction of sp³-hybridized carbons (Fsp3) is 0.600. The lowest BCUT2D eigenvalue weighted by Crippen LogP contribution is -2.44. The van der Waals surface area contributed by atoms with E-state index in [1.54, 1.807) is 0 Å². The first kappa shape index (κ1) is 13.4. The largest absolute Gasteiger partial charge is 0.388 e. The summed E-state index contributed by atoms with van der Waals surface area (Å²) in [6.45, 7) is 3.48. The van der Waals surface area contributed by atoms with Crippen LogP contribution in [-0.2, 0) is 6.54 Å². The molecule has 3 nitrogen and oxygen atoms in total. The molecule has 1 aromatic rings. The van der Waals surface area contributed by atoms with Crippen molar-refractivity contribution in [3.63, 3.8) is 0 Å². The number of hydrogen-bond acceptors (Lipinski definition) is 3. The van der Waals surface area contributed by atoms with Gasteiger partial charge < -0.3 is 10.2 Å². The fourth-order valence-electron chi connectivity index (χ4n) is 2.74. The lowest BCUT2D eigenvalue weighted by Gasteiger charge is -2.36. The van der Waals surface area contributed by atoms with E-state index in [1.165, 1.54) is 37.2 Å². The minimum absolute atomic E-state index is 0.696. The predicted molar refractivity (Wildman–Crippen MR) is 78.0 cm³/mol. The van der Waals surface area contributed by atoms with Crippen LogP contribution in [0.25, 0.3) is 0 Å². The van der Waals surface area contributed by atoms with Crippen molar-refractivity contribution in [2.24, 2.45) is 0 Å². The van der Waals surface area contributed by atoms with Crippen LogP contribution in [-0.4, -0.2) is 50.1 Å². The molecule has 0 aliphatic carbocycles. The third-order valence-corrected chi connectivity index (χ3v) is 3.87. The average Bonchev–Trinajstić information content (AvgIpc) is 2.39. The van der Waals surface area contributed by atoms with Gasteiger partial charge in [0.15, 0.2) is 0 Å². The van der Waals surface area contributed by atoms with Gasteiger partial charge in [-0.3, -0.25) is 4.90 Å². The van der Waals surface area contributed by atoms with Crippen molar-refractivity contribution in [2.45, 2.75) is 25.4 Å². The normalized spacial score (nSPS) is 21.2. The molecule has 0 aromatic heterocycles. The summed E-state index contributed by atoms with van der Waals surface area (Å²) in [5.74, 6) is 0. The van der Waals surface area contributed by atoms with Crippen molar-refractivity contribution in [1.29, 1.82) is 0 Å². The highest BCUT2D eigenvalue weighted by molar-refractivity contribution is 5.44. The van der Waals surface area contributed by atoms with E-state index in [2.05, 4.69) is 53.5 Å². The topological polar surface area (TPSA) is 18.5 Å². The minimum Gasteiger partial charge on any atom is -0.388 e. The molecule has 18 heavy (non-hydrogen) atoms. The molecular formula is C15H25N3. The highest BCUT2D eigenvalue weighted by Crippen LogP contribution is 2.17. The Morgan fingerprint density at radius 3 is 3.00 bits per heavy atom. The summed E-state index contributed by atoms with van der Waals surface area (Å²) in [6, 6.07) is 9.38. The molecule has 100 valence electrons. The summed E-state index contributed by atoms with van der Waals surface area (Å²) in [5.41, 5.74) is 2.58. The first-order valence-electron chi connectivity index (χ1n) is 6.84. The molecule has 0 spiro atoms. The van der Waals surface area contributed by atoms with Crippen LogP contribution in [0.2, 0.25) is 0 Å². The van der Waals surface area contributed by atoms with Crippen LogP contribution in [0.5, 0.6) is 0 Å². The number of anilines is 1. The van der Waals surface area contributed by atoms with Gasteiger partial charge in [0.25, 0.3) is 0 Å². The summed E-state index contributed by atoms with van der Waals surface area (Å²) in [6.07, 6.45) is 2.65. The molecule has 1 heterocycles. The SMILES string of the molecule is CNc1cccc(CN(C)C2CCCN(C)C2)c1. The maximum absolute atomic E-state index is 3.20. The number of likely N-dealkylation sites (N-methyl/N-ethyl adjacent to an activating group) is 2. The molecule has 0 amide bonds. The Hall–Kier alpha value is -1.06. The van der Waals surface area contributed by atoms with Crippen molar-refractivity contribution < 1.29 is 0 Å². The number of benzene rings is 1. The Kier molecular flexibility index (Phi) is 4.61. The first-order valence-corrected chi connectivity index (χ1v) is 6.84. The summed E-state index contributed by atoms with van der Waals surface area (Å²) in [7, 11) is 6.44. The van der Waals surface area contributed by atoms with Gasteiger partial charge in [-0.25, -0.2) is 0 Å². The van der Waals surface area contributed by atoms with Crippen LogP contribution < -0.4 is 5.32 Å². The van der Waals surface area contributed by atoms with Crippen LogP contribution >= 0.6 is 0 Å². The molecule has 1 atom stereocenters. The van der Waals surface area contributed by atoms with Crippen LogP contribution in [0, 0.1) is 0 Å². The number of nitrogens with one attached hydrogen (secondary N) is 1. The van der Waals surface area contributed by atoms with E-state index in [4.69, 9.17) is 0 Å². The molecule has 2 rings (SSSR count). The molecule has 1 aliphatic rings. The standard InChI is InChI=1S/C15H25N3/c1-16-14-7-4-6-13(10-14)11-18(3)15-8-5-9-17(2)12-15/h4,6-7,10,15-16H,5,8-9,11-12H2,1-3H3. The molecule has 1 N–H and O–H groups in total. The Bertz CT molecular complexity index is 378. The summed E-state index contributed by atoms with van der Waals surface area (Å²) >= 11 is 0. The second kappa shape index (κ2) is 6.21. The summed E-state index contributed by atoms with van der Waals surface area (Å²) in [5, 5.41) is 3.20. The quantitative estimate of drug-likeness (QED) is 0.880. The van der Waals surface area contributed by atoms with E-state index < -0.39 is 0 Å². The van der Waals surface area contributed by atoms with E-state index in [0.717, 1.165) is 6.54 Å². The third-order valence-electron chi connectivity index (χ3n) is 3.87. The van der Waals surface area contributed by atoms with Crippen molar-refractivity contribution in [3.05, 3.63) is 29.8 Å². The van der Waals surface area contributed by atoms with E-state index in [-0.39, 0.29) is 0 Å². The number of rotatable bonds is 4. The zero-order valence-corrected chi connectivity index (χ0v) is 11.8. The van der Waals surface area contributed by atoms with E-state index >= 15 is 0 Å². The van der Waals surface area contributed by atoms with Gasteiger partial charge in [-0.2, -0.15) is 0 Å². The van der Waals surface area contributed by atoms with Crippen molar-refractivity contribution in [2.75, 3.05) is 39.5 Å². The molecule has 3 heteroatoms. The van der Waals surface area contributed by atoms with Gasteiger partial charge in [0.2, 0.25) is 0 Å². The zero-order valence-electron chi connectivity index (χ0n) is 11.8. The second-order valence-electron chi connectivity index (χ2n) is 5.42. The van der Waals surface area contributed by atoms with Crippen LogP contribution in [0.4, 0.5) is 5.69 Å². The Balaban J connectivity index is 1.95. The van der Waals surface area contributed by atoms with Gasteiger partial charge in [-0.1, -0.05) is 12.1 Å². The maximum atomic E-state index is 3.20. The van der Waals surface area contributed by atoms with Gasteiger partial charge in [-0.05, 0) is 51.2 Å². The number of nitrogens with zero attached hydrogens (tertiary/aromatic N) is 2. The summed E-state index contributed by atoms with van der Waals surface area (Å²) < 4.78 is 0. The maximum Gasteiger partial charge on any atom is 0.0340 e. The van der Waals surface area contributed by atoms with E-state index in [9.17, 15) is 0 Å². The summed E-state index contributed by atoms with van der Waals surface area (Å²) in [4.78, 5) is 4.93. The molecular weight excluding hydrogens is 222 g/mol. The van der Waals surface area contributed by atoms with Crippen LogP contribution in [0.15, 0.2) is 24.3 Å². The van der Waals surface area contributed by atoms with Gasteiger partial charge in [0.1, 0.15) is 0 Å². The predicted octanol–water partition coefficient (Wildman–Crippen LogP) is 2.25. The molecule has 1 aromatic carbocycles. The molecule has 1 unspecified atom stereocenters.